The number of methoxy groups -OCH3 is 3. The zero-order valence-corrected chi connectivity index (χ0v) is 12.9. The highest BCUT2D eigenvalue weighted by Crippen LogP contribution is 2.40. The van der Waals surface area contributed by atoms with E-state index in [2.05, 4.69) is 29.1 Å². The molecule has 0 aliphatic heterocycles. The largest absolute Gasteiger partial charge is 0.493 e. The van der Waals surface area contributed by atoms with Crippen LogP contribution in [0.3, 0.4) is 0 Å². The van der Waals surface area contributed by atoms with Gasteiger partial charge in [0.1, 0.15) is 0 Å². The lowest BCUT2D eigenvalue weighted by Crippen LogP contribution is -2.06. The Morgan fingerprint density at radius 1 is 1.05 bits per heavy atom. The molecule has 1 aromatic heterocycles. The van der Waals surface area contributed by atoms with Crippen LogP contribution in [0.15, 0.2) is 29.0 Å². The van der Waals surface area contributed by atoms with E-state index in [0.29, 0.717) is 17.2 Å². The highest BCUT2D eigenvalue weighted by Gasteiger charge is 2.14. The second-order valence-corrected chi connectivity index (χ2v) is 5.12. The SMILES string of the molecule is COc1cc(NC(C)c2ccsc2)cc(OC)c1OC. The summed E-state index contributed by atoms with van der Waals surface area (Å²) < 4.78 is 16.0. The maximum atomic E-state index is 5.35. The number of benzene rings is 1. The summed E-state index contributed by atoms with van der Waals surface area (Å²) in [5.41, 5.74) is 2.18. The van der Waals surface area contributed by atoms with Gasteiger partial charge in [-0.25, -0.2) is 0 Å². The third-order valence-electron chi connectivity index (χ3n) is 3.09. The average molecular weight is 293 g/mol. The van der Waals surface area contributed by atoms with Crippen molar-refractivity contribution < 1.29 is 14.2 Å². The lowest BCUT2D eigenvalue weighted by atomic mass is 10.1. The fourth-order valence-corrected chi connectivity index (χ4v) is 2.77. The van der Waals surface area contributed by atoms with Crippen LogP contribution in [-0.2, 0) is 0 Å². The normalized spacial score (nSPS) is 11.8. The number of hydrogen-bond acceptors (Lipinski definition) is 5. The van der Waals surface area contributed by atoms with Gasteiger partial charge in [-0.3, -0.25) is 0 Å². The van der Waals surface area contributed by atoms with E-state index in [1.165, 1.54) is 5.56 Å². The molecular formula is C15H19NO3S. The lowest BCUT2D eigenvalue weighted by molar-refractivity contribution is 0.324. The molecule has 1 atom stereocenters. The summed E-state index contributed by atoms with van der Waals surface area (Å²) in [6.07, 6.45) is 0. The van der Waals surface area contributed by atoms with Gasteiger partial charge in [-0.15, -0.1) is 0 Å². The maximum Gasteiger partial charge on any atom is 0.203 e. The molecule has 1 heterocycles. The number of rotatable bonds is 6. The predicted octanol–water partition coefficient (Wildman–Crippen LogP) is 3.95. The third kappa shape index (κ3) is 2.99. The van der Waals surface area contributed by atoms with Crippen LogP contribution in [0, 0.1) is 0 Å². The van der Waals surface area contributed by atoms with E-state index in [9.17, 15) is 0 Å². The summed E-state index contributed by atoms with van der Waals surface area (Å²) in [7, 11) is 4.83. The monoisotopic (exact) mass is 293 g/mol. The van der Waals surface area contributed by atoms with Crippen molar-refractivity contribution in [3.8, 4) is 17.2 Å². The van der Waals surface area contributed by atoms with Crippen molar-refractivity contribution in [1.82, 2.24) is 0 Å². The minimum absolute atomic E-state index is 0.212. The second-order valence-electron chi connectivity index (χ2n) is 4.34. The molecule has 5 heteroatoms. The highest BCUT2D eigenvalue weighted by atomic mass is 32.1. The highest BCUT2D eigenvalue weighted by molar-refractivity contribution is 7.07. The first-order valence-corrected chi connectivity index (χ1v) is 7.22. The molecule has 108 valence electrons. The standard InChI is InChI=1S/C15H19NO3S/c1-10(11-5-6-20-9-11)16-12-7-13(17-2)15(19-4)14(8-12)18-3/h5-10,16H,1-4H3. The van der Waals surface area contributed by atoms with Crippen molar-refractivity contribution >= 4 is 17.0 Å². The Kier molecular flexibility index (Phi) is 4.74. The van der Waals surface area contributed by atoms with E-state index in [1.54, 1.807) is 32.7 Å². The van der Waals surface area contributed by atoms with Crippen LogP contribution in [0.1, 0.15) is 18.5 Å². The first kappa shape index (κ1) is 14.5. The Hall–Kier alpha value is -1.88. The van der Waals surface area contributed by atoms with Gasteiger partial charge in [0.2, 0.25) is 5.75 Å². The molecule has 2 aromatic rings. The molecule has 0 aliphatic carbocycles. The summed E-state index contributed by atoms with van der Waals surface area (Å²) in [5, 5.41) is 7.64. The van der Waals surface area contributed by atoms with Gasteiger partial charge in [-0.05, 0) is 29.3 Å². The number of nitrogens with one attached hydrogen (secondary N) is 1. The molecule has 1 aromatic carbocycles. The van der Waals surface area contributed by atoms with Crippen LogP contribution in [0.2, 0.25) is 0 Å². The quantitative estimate of drug-likeness (QED) is 0.875. The number of ether oxygens (including phenoxy) is 3. The van der Waals surface area contributed by atoms with Crippen LogP contribution in [0.5, 0.6) is 17.2 Å². The van der Waals surface area contributed by atoms with Gasteiger partial charge in [0.25, 0.3) is 0 Å². The van der Waals surface area contributed by atoms with Crippen LogP contribution < -0.4 is 19.5 Å². The Balaban J connectivity index is 2.28. The van der Waals surface area contributed by atoms with Crippen LogP contribution in [-0.4, -0.2) is 21.3 Å². The van der Waals surface area contributed by atoms with E-state index < -0.39 is 0 Å². The van der Waals surface area contributed by atoms with Gasteiger partial charge in [-0.2, -0.15) is 11.3 Å². The Bertz CT molecular complexity index is 529. The topological polar surface area (TPSA) is 39.7 Å². The van der Waals surface area contributed by atoms with Crippen molar-refractivity contribution in [2.75, 3.05) is 26.6 Å². The van der Waals surface area contributed by atoms with Crippen LogP contribution in [0.25, 0.3) is 0 Å². The molecule has 0 saturated carbocycles. The summed E-state index contributed by atoms with van der Waals surface area (Å²) in [5.74, 6) is 1.89. The molecule has 0 spiro atoms. The van der Waals surface area contributed by atoms with E-state index in [0.717, 1.165) is 5.69 Å². The molecule has 0 saturated heterocycles. The molecule has 0 amide bonds. The van der Waals surface area contributed by atoms with Gasteiger partial charge in [0.15, 0.2) is 11.5 Å². The smallest absolute Gasteiger partial charge is 0.203 e. The van der Waals surface area contributed by atoms with Crippen molar-refractivity contribution in [2.24, 2.45) is 0 Å². The van der Waals surface area contributed by atoms with Gasteiger partial charge in [0.05, 0.1) is 21.3 Å². The molecule has 0 bridgehead atoms. The van der Waals surface area contributed by atoms with E-state index in [1.807, 2.05) is 12.1 Å². The Labute approximate surface area is 123 Å². The molecule has 0 radical (unpaired) electrons. The molecule has 1 unspecified atom stereocenters. The third-order valence-corrected chi connectivity index (χ3v) is 3.79. The molecule has 0 fully saturated rings. The molecule has 20 heavy (non-hydrogen) atoms. The van der Waals surface area contributed by atoms with Gasteiger partial charge >= 0.3 is 0 Å². The zero-order valence-electron chi connectivity index (χ0n) is 12.1. The van der Waals surface area contributed by atoms with E-state index in [-0.39, 0.29) is 6.04 Å². The summed E-state index contributed by atoms with van der Waals surface area (Å²) in [6, 6.07) is 6.14. The van der Waals surface area contributed by atoms with Gasteiger partial charge < -0.3 is 19.5 Å². The summed E-state index contributed by atoms with van der Waals surface area (Å²) in [4.78, 5) is 0. The van der Waals surface area contributed by atoms with E-state index >= 15 is 0 Å². The molecule has 1 N–H and O–H groups in total. The molecule has 4 nitrogen and oxygen atoms in total. The summed E-state index contributed by atoms with van der Waals surface area (Å²) in [6.45, 7) is 2.12. The molecule has 2 rings (SSSR count). The van der Waals surface area contributed by atoms with Crippen LogP contribution >= 0.6 is 11.3 Å². The summed E-state index contributed by atoms with van der Waals surface area (Å²) >= 11 is 1.69. The van der Waals surface area contributed by atoms with Crippen molar-refractivity contribution in [3.05, 3.63) is 34.5 Å². The maximum absolute atomic E-state index is 5.35. The van der Waals surface area contributed by atoms with Crippen molar-refractivity contribution in [2.45, 2.75) is 13.0 Å². The van der Waals surface area contributed by atoms with E-state index in [4.69, 9.17) is 14.2 Å². The Morgan fingerprint density at radius 2 is 1.70 bits per heavy atom. The zero-order chi connectivity index (χ0) is 14.5. The first-order chi connectivity index (χ1) is 9.69. The average Bonchev–Trinajstić information content (AvgIpc) is 3.00. The first-order valence-electron chi connectivity index (χ1n) is 6.28. The number of anilines is 1. The predicted molar refractivity (Wildman–Crippen MR) is 82.5 cm³/mol. The molecule has 0 aliphatic rings. The van der Waals surface area contributed by atoms with Crippen molar-refractivity contribution in [1.29, 1.82) is 0 Å². The molecular weight excluding hydrogens is 274 g/mol. The fourth-order valence-electron chi connectivity index (χ4n) is 2.02. The minimum atomic E-state index is 0.212. The van der Waals surface area contributed by atoms with Crippen LogP contribution in [0.4, 0.5) is 5.69 Å². The number of hydrogen-bond donors (Lipinski definition) is 1. The second kappa shape index (κ2) is 6.52. The van der Waals surface area contributed by atoms with Crippen molar-refractivity contribution in [3.63, 3.8) is 0 Å². The lowest BCUT2D eigenvalue weighted by Gasteiger charge is -2.18. The van der Waals surface area contributed by atoms with Gasteiger partial charge in [-0.1, -0.05) is 0 Å². The number of thiophene rings is 1. The van der Waals surface area contributed by atoms with Gasteiger partial charge in [0, 0.05) is 23.9 Å². The Morgan fingerprint density at radius 3 is 2.15 bits per heavy atom. The minimum Gasteiger partial charge on any atom is -0.493 e. The fraction of sp³-hybridized carbons (Fsp3) is 0.333.